The van der Waals surface area contributed by atoms with Crippen molar-refractivity contribution < 1.29 is 4.74 Å². The summed E-state index contributed by atoms with van der Waals surface area (Å²) in [6.07, 6.45) is 3.88. The highest BCUT2D eigenvalue weighted by Gasteiger charge is 2.10. The van der Waals surface area contributed by atoms with Gasteiger partial charge in [-0.05, 0) is 41.9 Å². The number of benzene rings is 1. The van der Waals surface area contributed by atoms with Crippen molar-refractivity contribution in [3.8, 4) is 5.75 Å². The Kier molecular flexibility index (Phi) is 5.31. The predicted molar refractivity (Wildman–Crippen MR) is 85.5 cm³/mol. The van der Waals surface area contributed by atoms with E-state index in [1.807, 2.05) is 36.1 Å². The molecule has 0 saturated carbocycles. The van der Waals surface area contributed by atoms with Crippen molar-refractivity contribution in [3.05, 3.63) is 39.6 Å². The van der Waals surface area contributed by atoms with Gasteiger partial charge in [-0.3, -0.25) is 4.68 Å². The molecule has 2 rings (SSSR count). The van der Waals surface area contributed by atoms with Crippen LogP contribution in [0.1, 0.15) is 19.4 Å². The maximum Gasteiger partial charge on any atom is 0.156 e. The minimum absolute atomic E-state index is 0.600. The Morgan fingerprint density at radius 2 is 2.20 bits per heavy atom. The summed E-state index contributed by atoms with van der Waals surface area (Å²) < 4.78 is 8.39. The number of aromatic nitrogens is 2. The second-order valence-electron chi connectivity index (χ2n) is 4.26. The summed E-state index contributed by atoms with van der Waals surface area (Å²) in [7, 11) is 0. The second kappa shape index (κ2) is 6.99. The molecule has 1 heterocycles. The maximum absolute atomic E-state index is 6.09. The molecule has 6 heteroatoms. The number of hydrogen-bond acceptors (Lipinski definition) is 3. The molecule has 0 bridgehead atoms. The van der Waals surface area contributed by atoms with Crippen LogP contribution in [0.2, 0.25) is 5.02 Å². The Balaban J connectivity index is 2.15. The van der Waals surface area contributed by atoms with E-state index >= 15 is 0 Å². The summed E-state index contributed by atoms with van der Waals surface area (Å²) in [4.78, 5) is 0. The SMILES string of the molecule is CCOc1c(Br)cc(Cl)cc1NCc1cnn(CC)c1. The minimum Gasteiger partial charge on any atom is -0.491 e. The van der Waals surface area contributed by atoms with Gasteiger partial charge < -0.3 is 10.1 Å². The monoisotopic (exact) mass is 357 g/mol. The number of nitrogens with zero attached hydrogens (tertiary/aromatic N) is 2. The molecule has 108 valence electrons. The van der Waals surface area contributed by atoms with Crippen LogP contribution in [0.4, 0.5) is 5.69 Å². The lowest BCUT2D eigenvalue weighted by molar-refractivity contribution is 0.339. The van der Waals surface area contributed by atoms with Crippen molar-refractivity contribution in [3.63, 3.8) is 0 Å². The fourth-order valence-electron chi connectivity index (χ4n) is 1.85. The normalized spacial score (nSPS) is 10.6. The van der Waals surface area contributed by atoms with Crippen LogP contribution in [0.15, 0.2) is 29.0 Å². The van der Waals surface area contributed by atoms with Crippen molar-refractivity contribution in [2.24, 2.45) is 0 Å². The molecule has 0 aliphatic carbocycles. The van der Waals surface area contributed by atoms with E-state index in [2.05, 4.69) is 33.3 Å². The summed E-state index contributed by atoms with van der Waals surface area (Å²) in [6, 6.07) is 3.69. The molecule has 0 unspecified atom stereocenters. The highest BCUT2D eigenvalue weighted by Crippen LogP contribution is 2.36. The van der Waals surface area contributed by atoms with Crippen LogP contribution >= 0.6 is 27.5 Å². The van der Waals surface area contributed by atoms with Crippen molar-refractivity contribution in [2.45, 2.75) is 26.9 Å². The van der Waals surface area contributed by atoms with Crippen LogP contribution in [0, 0.1) is 0 Å². The first-order valence-corrected chi connectivity index (χ1v) is 7.68. The van der Waals surface area contributed by atoms with Gasteiger partial charge in [-0.2, -0.15) is 5.10 Å². The van der Waals surface area contributed by atoms with Gasteiger partial charge in [0.05, 0.1) is 23.0 Å². The van der Waals surface area contributed by atoms with Gasteiger partial charge in [-0.1, -0.05) is 11.6 Å². The molecule has 1 aromatic carbocycles. The van der Waals surface area contributed by atoms with E-state index in [1.54, 1.807) is 0 Å². The summed E-state index contributed by atoms with van der Waals surface area (Å²) in [5, 5.41) is 8.25. The average Bonchev–Trinajstić information content (AvgIpc) is 2.88. The number of nitrogens with one attached hydrogen (secondary N) is 1. The number of aryl methyl sites for hydroxylation is 1. The molecule has 0 aliphatic rings. The van der Waals surface area contributed by atoms with E-state index in [9.17, 15) is 0 Å². The lowest BCUT2D eigenvalue weighted by Gasteiger charge is -2.14. The third kappa shape index (κ3) is 3.67. The summed E-state index contributed by atoms with van der Waals surface area (Å²) in [6.45, 7) is 6.16. The van der Waals surface area contributed by atoms with E-state index in [0.29, 0.717) is 18.2 Å². The van der Waals surface area contributed by atoms with Crippen LogP contribution in [-0.4, -0.2) is 16.4 Å². The molecule has 0 spiro atoms. The number of anilines is 1. The number of rotatable bonds is 6. The Labute approximate surface area is 132 Å². The number of ether oxygens (including phenoxy) is 1. The largest absolute Gasteiger partial charge is 0.491 e. The smallest absolute Gasteiger partial charge is 0.156 e. The van der Waals surface area contributed by atoms with Crippen molar-refractivity contribution >= 4 is 33.2 Å². The quantitative estimate of drug-likeness (QED) is 0.835. The average molecular weight is 359 g/mol. The topological polar surface area (TPSA) is 39.1 Å². The molecular weight excluding hydrogens is 342 g/mol. The second-order valence-corrected chi connectivity index (χ2v) is 5.55. The van der Waals surface area contributed by atoms with Gasteiger partial charge in [0.25, 0.3) is 0 Å². The molecule has 20 heavy (non-hydrogen) atoms. The van der Waals surface area contributed by atoms with E-state index in [0.717, 1.165) is 28.0 Å². The zero-order valence-electron chi connectivity index (χ0n) is 11.5. The van der Waals surface area contributed by atoms with Crippen LogP contribution < -0.4 is 10.1 Å². The van der Waals surface area contributed by atoms with Gasteiger partial charge >= 0.3 is 0 Å². The van der Waals surface area contributed by atoms with Crippen LogP contribution in [-0.2, 0) is 13.1 Å². The predicted octanol–water partition coefficient (Wildman–Crippen LogP) is 4.33. The number of hydrogen-bond donors (Lipinski definition) is 1. The summed E-state index contributed by atoms with van der Waals surface area (Å²) in [5.74, 6) is 0.778. The third-order valence-electron chi connectivity index (χ3n) is 2.79. The lowest BCUT2D eigenvalue weighted by atomic mass is 10.2. The fraction of sp³-hybridized carbons (Fsp3) is 0.357. The Bertz CT molecular complexity index is 586. The minimum atomic E-state index is 0.600. The molecule has 0 fully saturated rings. The van der Waals surface area contributed by atoms with Gasteiger partial charge in [0.2, 0.25) is 0 Å². The molecular formula is C14H17BrClN3O. The molecule has 0 atom stereocenters. The highest BCUT2D eigenvalue weighted by atomic mass is 79.9. The molecule has 2 aromatic rings. The van der Waals surface area contributed by atoms with E-state index < -0.39 is 0 Å². The fourth-order valence-corrected chi connectivity index (χ4v) is 2.78. The molecule has 1 N–H and O–H groups in total. The first kappa shape index (κ1) is 15.2. The van der Waals surface area contributed by atoms with Crippen molar-refractivity contribution in [1.29, 1.82) is 0 Å². The van der Waals surface area contributed by atoms with Crippen LogP contribution in [0.25, 0.3) is 0 Å². The molecule has 0 radical (unpaired) electrons. The molecule has 4 nitrogen and oxygen atoms in total. The van der Waals surface area contributed by atoms with Crippen LogP contribution in [0.5, 0.6) is 5.75 Å². The highest BCUT2D eigenvalue weighted by molar-refractivity contribution is 9.10. The van der Waals surface area contributed by atoms with Crippen molar-refractivity contribution in [2.75, 3.05) is 11.9 Å². The molecule has 1 aromatic heterocycles. The Morgan fingerprint density at radius 1 is 1.40 bits per heavy atom. The van der Waals surface area contributed by atoms with E-state index in [1.165, 1.54) is 0 Å². The van der Waals surface area contributed by atoms with Gasteiger partial charge in [-0.25, -0.2) is 0 Å². The third-order valence-corrected chi connectivity index (χ3v) is 3.60. The Hall–Kier alpha value is -1.20. The molecule has 0 amide bonds. The summed E-state index contributed by atoms with van der Waals surface area (Å²) in [5.41, 5.74) is 1.99. The van der Waals surface area contributed by atoms with Crippen LogP contribution in [0.3, 0.4) is 0 Å². The molecule has 0 saturated heterocycles. The lowest BCUT2D eigenvalue weighted by Crippen LogP contribution is -2.03. The maximum atomic E-state index is 6.09. The van der Waals surface area contributed by atoms with Gasteiger partial charge in [0.1, 0.15) is 0 Å². The van der Waals surface area contributed by atoms with E-state index in [4.69, 9.17) is 16.3 Å². The summed E-state index contributed by atoms with van der Waals surface area (Å²) >= 11 is 9.56. The molecule has 0 aliphatic heterocycles. The standard InChI is InChI=1S/C14H17BrClN3O/c1-3-19-9-10(8-18-19)7-17-13-6-11(16)5-12(15)14(13)20-4-2/h5-6,8-9,17H,3-4,7H2,1-2H3. The number of halogens is 2. The van der Waals surface area contributed by atoms with Gasteiger partial charge in [-0.15, -0.1) is 0 Å². The zero-order chi connectivity index (χ0) is 14.5. The Morgan fingerprint density at radius 3 is 2.85 bits per heavy atom. The first-order chi connectivity index (χ1) is 9.63. The zero-order valence-corrected chi connectivity index (χ0v) is 13.8. The van der Waals surface area contributed by atoms with E-state index in [-0.39, 0.29) is 0 Å². The van der Waals surface area contributed by atoms with Crippen molar-refractivity contribution in [1.82, 2.24) is 9.78 Å². The van der Waals surface area contributed by atoms with Gasteiger partial charge in [0, 0.05) is 29.9 Å². The van der Waals surface area contributed by atoms with Gasteiger partial charge in [0.15, 0.2) is 5.75 Å². The first-order valence-electron chi connectivity index (χ1n) is 6.51.